The average molecular weight is 338 g/mol. The van der Waals surface area contributed by atoms with Gasteiger partial charge in [0.15, 0.2) is 0 Å². The number of hydrogen-bond acceptors (Lipinski definition) is 3. The van der Waals surface area contributed by atoms with E-state index in [0.29, 0.717) is 17.8 Å². The summed E-state index contributed by atoms with van der Waals surface area (Å²) in [7, 11) is 1.81. The number of nitrogens with zero attached hydrogens (tertiary/aromatic N) is 4. The smallest absolute Gasteiger partial charge is 0.272 e. The Morgan fingerprint density at radius 1 is 1.28 bits per heavy atom. The zero-order chi connectivity index (χ0) is 18.8. The minimum Gasteiger partial charge on any atom is -0.331 e. The molecule has 132 valence electrons. The first-order valence-corrected chi connectivity index (χ1v) is 8.48. The third-order valence-corrected chi connectivity index (χ3v) is 4.19. The average Bonchev–Trinajstić information content (AvgIpc) is 2.94. The first kappa shape index (κ1) is 18.7. The van der Waals surface area contributed by atoms with Crippen LogP contribution in [0.4, 0.5) is 0 Å². The first-order valence-electron chi connectivity index (χ1n) is 8.48. The number of aryl methyl sites for hydroxylation is 1. The van der Waals surface area contributed by atoms with E-state index >= 15 is 0 Å². The third kappa shape index (κ3) is 4.27. The highest BCUT2D eigenvalue weighted by Crippen LogP contribution is 2.23. The molecule has 1 aromatic carbocycles. The van der Waals surface area contributed by atoms with Crippen molar-refractivity contribution in [3.05, 3.63) is 52.8 Å². The largest absolute Gasteiger partial charge is 0.331 e. The molecule has 0 N–H and O–H groups in total. The van der Waals surface area contributed by atoms with Gasteiger partial charge in [0.25, 0.3) is 5.91 Å². The molecule has 1 heterocycles. The van der Waals surface area contributed by atoms with Crippen LogP contribution in [0.5, 0.6) is 0 Å². The molecule has 0 unspecified atom stereocenters. The molecule has 2 rings (SSSR count). The van der Waals surface area contributed by atoms with Crippen LogP contribution >= 0.6 is 0 Å². The summed E-state index contributed by atoms with van der Waals surface area (Å²) < 4.78 is 1.66. The van der Waals surface area contributed by atoms with Gasteiger partial charge in [0.1, 0.15) is 5.69 Å². The Kier molecular flexibility index (Phi) is 5.32. The molecule has 0 aliphatic carbocycles. The van der Waals surface area contributed by atoms with Gasteiger partial charge in [0.2, 0.25) is 0 Å². The molecular weight excluding hydrogens is 312 g/mol. The van der Waals surface area contributed by atoms with Crippen LogP contribution in [0.3, 0.4) is 0 Å². The van der Waals surface area contributed by atoms with E-state index < -0.39 is 0 Å². The number of amides is 1. The normalized spacial score (nSPS) is 11.4. The summed E-state index contributed by atoms with van der Waals surface area (Å²) in [6.45, 7) is 10.8. The van der Waals surface area contributed by atoms with Crippen molar-refractivity contribution < 1.29 is 4.79 Å². The topological polar surface area (TPSA) is 61.9 Å². The molecule has 25 heavy (non-hydrogen) atoms. The number of nitriles is 1. The standard InChI is InChI=1S/C20H26N4O/c1-14(2)24(13-16-9-7-15(12-21)8-10-16)19(25)17-11-18(20(3,4)5)22-23(17)6/h7-11,14H,13H2,1-6H3. The Morgan fingerprint density at radius 3 is 2.32 bits per heavy atom. The van der Waals surface area contributed by atoms with Gasteiger partial charge in [-0.1, -0.05) is 32.9 Å². The lowest BCUT2D eigenvalue weighted by molar-refractivity contribution is 0.0679. The van der Waals surface area contributed by atoms with Crippen LogP contribution in [0.15, 0.2) is 30.3 Å². The molecule has 0 aliphatic rings. The molecule has 2 aromatic rings. The van der Waals surface area contributed by atoms with Crippen LogP contribution in [-0.2, 0) is 19.0 Å². The fraction of sp³-hybridized carbons (Fsp3) is 0.450. The van der Waals surface area contributed by atoms with Crippen molar-refractivity contribution in [3.63, 3.8) is 0 Å². The van der Waals surface area contributed by atoms with Crippen LogP contribution in [-0.4, -0.2) is 26.6 Å². The Balaban J connectivity index is 2.29. The summed E-state index contributed by atoms with van der Waals surface area (Å²) in [5.41, 5.74) is 3.01. The maximum absolute atomic E-state index is 13.1. The molecule has 0 aliphatic heterocycles. The molecule has 0 bridgehead atoms. The van der Waals surface area contributed by atoms with Crippen LogP contribution in [0.1, 0.15) is 61.9 Å². The van der Waals surface area contributed by atoms with E-state index in [-0.39, 0.29) is 17.4 Å². The van der Waals surface area contributed by atoms with Gasteiger partial charge in [-0.15, -0.1) is 0 Å². The Hall–Kier alpha value is -2.61. The minimum absolute atomic E-state index is 0.0372. The van der Waals surface area contributed by atoms with Crippen molar-refractivity contribution in [1.82, 2.24) is 14.7 Å². The van der Waals surface area contributed by atoms with E-state index in [1.54, 1.807) is 16.8 Å². The predicted molar refractivity (Wildman–Crippen MR) is 98.1 cm³/mol. The van der Waals surface area contributed by atoms with Crippen LogP contribution in [0, 0.1) is 11.3 Å². The van der Waals surface area contributed by atoms with Crippen molar-refractivity contribution in [1.29, 1.82) is 5.26 Å². The molecule has 1 aromatic heterocycles. The van der Waals surface area contributed by atoms with Gasteiger partial charge in [-0.2, -0.15) is 10.4 Å². The number of aromatic nitrogens is 2. The van der Waals surface area contributed by atoms with Crippen LogP contribution in [0.2, 0.25) is 0 Å². The summed E-state index contributed by atoms with van der Waals surface area (Å²) >= 11 is 0. The summed E-state index contributed by atoms with van der Waals surface area (Å²) in [6, 6.07) is 11.4. The highest BCUT2D eigenvalue weighted by molar-refractivity contribution is 5.93. The number of carbonyl (C=O) groups excluding carboxylic acids is 1. The SMILES string of the molecule is CC(C)N(Cc1ccc(C#N)cc1)C(=O)c1cc(C(C)(C)C)nn1C. The zero-order valence-electron chi connectivity index (χ0n) is 15.9. The molecule has 0 atom stereocenters. The maximum atomic E-state index is 13.1. The zero-order valence-corrected chi connectivity index (χ0v) is 15.9. The highest BCUT2D eigenvalue weighted by Gasteiger charge is 2.26. The van der Waals surface area contributed by atoms with E-state index in [2.05, 4.69) is 31.9 Å². The van der Waals surface area contributed by atoms with Gasteiger partial charge in [-0.3, -0.25) is 9.48 Å². The lowest BCUT2D eigenvalue weighted by atomic mass is 9.92. The molecular formula is C20H26N4O. The van der Waals surface area contributed by atoms with Gasteiger partial charge in [-0.05, 0) is 37.6 Å². The Labute approximate surface area is 149 Å². The van der Waals surface area contributed by atoms with Crippen molar-refractivity contribution in [2.45, 2.75) is 52.6 Å². The van der Waals surface area contributed by atoms with Crippen molar-refractivity contribution in [2.24, 2.45) is 7.05 Å². The monoisotopic (exact) mass is 338 g/mol. The van der Waals surface area contributed by atoms with Crippen LogP contribution < -0.4 is 0 Å². The van der Waals surface area contributed by atoms with E-state index in [1.165, 1.54) is 0 Å². The fourth-order valence-corrected chi connectivity index (χ4v) is 2.55. The summed E-state index contributed by atoms with van der Waals surface area (Å²) in [6.07, 6.45) is 0. The summed E-state index contributed by atoms with van der Waals surface area (Å²) in [5, 5.41) is 13.4. The number of carbonyl (C=O) groups is 1. The van der Waals surface area contributed by atoms with E-state index in [9.17, 15) is 4.79 Å². The second-order valence-corrected chi connectivity index (χ2v) is 7.62. The molecule has 1 amide bonds. The van der Waals surface area contributed by atoms with E-state index in [4.69, 9.17) is 5.26 Å². The lowest BCUT2D eigenvalue weighted by Gasteiger charge is -2.27. The lowest BCUT2D eigenvalue weighted by Crippen LogP contribution is -2.37. The second kappa shape index (κ2) is 7.10. The van der Waals surface area contributed by atoms with Gasteiger partial charge in [-0.25, -0.2) is 0 Å². The number of hydrogen-bond donors (Lipinski definition) is 0. The molecule has 0 fully saturated rings. The molecule has 0 saturated heterocycles. The maximum Gasteiger partial charge on any atom is 0.272 e. The summed E-state index contributed by atoms with van der Waals surface area (Å²) in [4.78, 5) is 14.9. The Morgan fingerprint density at radius 2 is 1.88 bits per heavy atom. The Bertz CT molecular complexity index is 789. The number of benzene rings is 1. The third-order valence-electron chi connectivity index (χ3n) is 4.19. The highest BCUT2D eigenvalue weighted by atomic mass is 16.2. The quantitative estimate of drug-likeness (QED) is 0.855. The minimum atomic E-state index is -0.105. The first-order chi connectivity index (χ1) is 11.6. The number of rotatable bonds is 4. The summed E-state index contributed by atoms with van der Waals surface area (Å²) in [5.74, 6) is -0.0372. The molecule has 5 heteroatoms. The molecule has 5 nitrogen and oxygen atoms in total. The van der Waals surface area contributed by atoms with Gasteiger partial charge >= 0.3 is 0 Å². The van der Waals surface area contributed by atoms with Crippen molar-refractivity contribution in [3.8, 4) is 6.07 Å². The fourth-order valence-electron chi connectivity index (χ4n) is 2.55. The second-order valence-electron chi connectivity index (χ2n) is 7.62. The predicted octanol–water partition coefficient (Wildman–Crippen LogP) is 3.64. The van der Waals surface area contributed by atoms with Crippen molar-refractivity contribution >= 4 is 5.91 Å². The van der Waals surface area contributed by atoms with Crippen LogP contribution in [0.25, 0.3) is 0 Å². The van der Waals surface area contributed by atoms with Gasteiger partial charge in [0, 0.05) is 25.0 Å². The van der Waals surface area contributed by atoms with Crippen molar-refractivity contribution in [2.75, 3.05) is 0 Å². The van der Waals surface area contributed by atoms with Gasteiger partial charge in [0.05, 0.1) is 17.3 Å². The van der Waals surface area contributed by atoms with E-state index in [1.807, 2.05) is 44.0 Å². The van der Waals surface area contributed by atoms with Gasteiger partial charge < -0.3 is 4.90 Å². The molecule has 0 spiro atoms. The molecule has 0 saturated carbocycles. The van der Waals surface area contributed by atoms with E-state index in [0.717, 1.165) is 11.3 Å². The molecule has 0 radical (unpaired) electrons.